The third kappa shape index (κ3) is 3.15. The van der Waals surface area contributed by atoms with Gasteiger partial charge in [-0.2, -0.15) is 0 Å². The standard InChI is InChI=1S/C16H13NOS2/c18-16(17-13-5-2-1-3-6-13)10-12-9-15(20-11-12)14-7-4-8-19-14/h1-9,11H,10H2,(H,17,18). The second kappa shape index (κ2) is 6.03. The molecule has 100 valence electrons. The molecular weight excluding hydrogens is 286 g/mol. The van der Waals surface area contributed by atoms with Crippen molar-refractivity contribution in [3.63, 3.8) is 0 Å². The van der Waals surface area contributed by atoms with E-state index < -0.39 is 0 Å². The van der Waals surface area contributed by atoms with Crippen LogP contribution in [0.15, 0.2) is 59.3 Å². The number of carbonyl (C=O) groups excluding carboxylic acids is 1. The summed E-state index contributed by atoms with van der Waals surface area (Å²) >= 11 is 3.41. The number of para-hydroxylation sites is 1. The Labute approximate surface area is 125 Å². The van der Waals surface area contributed by atoms with E-state index in [1.165, 1.54) is 9.75 Å². The smallest absolute Gasteiger partial charge is 0.228 e. The number of rotatable bonds is 4. The summed E-state index contributed by atoms with van der Waals surface area (Å²) in [6.45, 7) is 0. The maximum atomic E-state index is 12.0. The predicted molar refractivity (Wildman–Crippen MR) is 86.4 cm³/mol. The zero-order valence-electron chi connectivity index (χ0n) is 10.7. The Bertz CT molecular complexity index is 686. The van der Waals surface area contributed by atoms with Crippen LogP contribution in [0.4, 0.5) is 5.69 Å². The minimum Gasteiger partial charge on any atom is -0.326 e. The highest BCUT2D eigenvalue weighted by Gasteiger charge is 2.08. The van der Waals surface area contributed by atoms with Crippen LogP contribution in [0.5, 0.6) is 0 Å². The molecule has 1 N–H and O–H groups in total. The largest absolute Gasteiger partial charge is 0.326 e. The van der Waals surface area contributed by atoms with Gasteiger partial charge in [0, 0.05) is 15.4 Å². The van der Waals surface area contributed by atoms with Gasteiger partial charge >= 0.3 is 0 Å². The first-order valence-electron chi connectivity index (χ1n) is 6.27. The van der Waals surface area contributed by atoms with Gasteiger partial charge in [-0.3, -0.25) is 4.79 Å². The molecule has 0 radical (unpaired) electrons. The zero-order valence-corrected chi connectivity index (χ0v) is 12.3. The van der Waals surface area contributed by atoms with Gasteiger partial charge in [-0.05, 0) is 40.6 Å². The van der Waals surface area contributed by atoms with Crippen LogP contribution in [0.25, 0.3) is 9.75 Å². The van der Waals surface area contributed by atoms with Crippen LogP contribution in [0.2, 0.25) is 0 Å². The summed E-state index contributed by atoms with van der Waals surface area (Å²) in [6, 6.07) is 15.8. The highest BCUT2D eigenvalue weighted by molar-refractivity contribution is 7.20. The number of nitrogens with one attached hydrogen (secondary N) is 1. The Hall–Kier alpha value is -1.91. The highest BCUT2D eigenvalue weighted by atomic mass is 32.1. The van der Waals surface area contributed by atoms with Gasteiger partial charge in [0.05, 0.1) is 6.42 Å². The lowest BCUT2D eigenvalue weighted by molar-refractivity contribution is -0.115. The second-order valence-corrected chi connectivity index (χ2v) is 6.25. The first-order chi connectivity index (χ1) is 9.81. The van der Waals surface area contributed by atoms with E-state index in [1.54, 1.807) is 22.7 Å². The lowest BCUT2D eigenvalue weighted by Crippen LogP contribution is -2.13. The molecule has 4 heteroatoms. The van der Waals surface area contributed by atoms with Crippen molar-refractivity contribution >= 4 is 34.3 Å². The molecule has 3 rings (SSSR count). The van der Waals surface area contributed by atoms with Crippen LogP contribution in [0.3, 0.4) is 0 Å². The van der Waals surface area contributed by atoms with Gasteiger partial charge in [0.2, 0.25) is 5.91 Å². The SMILES string of the molecule is O=C(Cc1csc(-c2cccs2)c1)Nc1ccccc1. The molecular formula is C16H13NOS2. The van der Waals surface area contributed by atoms with Crippen LogP contribution in [0, 0.1) is 0 Å². The molecule has 3 aromatic rings. The Morgan fingerprint density at radius 1 is 1.00 bits per heavy atom. The van der Waals surface area contributed by atoms with Crippen molar-refractivity contribution in [3.8, 4) is 9.75 Å². The molecule has 1 amide bonds. The quantitative estimate of drug-likeness (QED) is 0.746. The molecule has 0 aliphatic carbocycles. The molecule has 20 heavy (non-hydrogen) atoms. The van der Waals surface area contributed by atoms with Crippen LogP contribution in [0.1, 0.15) is 5.56 Å². The number of thiophene rings is 2. The van der Waals surface area contributed by atoms with E-state index in [0.29, 0.717) is 6.42 Å². The van der Waals surface area contributed by atoms with E-state index in [0.717, 1.165) is 11.3 Å². The Balaban J connectivity index is 1.65. The zero-order chi connectivity index (χ0) is 13.8. The molecule has 0 bridgehead atoms. The lowest BCUT2D eigenvalue weighted by atomic mass is 10.2. The maximum absolute atomic E-state index is 12.0. The van der Waals surface area contributed by atoms with E-state index in [2.05, 4.69) is 28.2 Å². The van der Waals surface area contributed by atoms with Gasteiger partial charge in [0.25, 0.3) is 0 Å². The molecule has 1 aromatic carbocycles. The van der Waals surface area contributed by atoms with Crippen LogP contribution >= 0.6 is 22.7 Å². The Morgan fingerprint density at radius 2 is 1.85 bits per heavy atom. The van der Waals surface area contributed by atoms with Gasteiger partial charge in [0.15, 0.2) is 0 Å². The van der Waals surface area contributed by atoms with Gasteiger partial charge in [-0.25, -0.2) is 0 Å². The van der Waals surface area contributed by atoms with Crippen molar-refractivity contribution in [3.05, 3.63) is 64.9 Å². The molecule has 0 saturated carbocycles. The summed E-state index contributed by atoms with van der Waals surface area (Å²) in [5.41, 5.74) is 1.90. The summed E-state index contributed by atoms with van der Waals surface area (Å²) < 4.78 is 0. The van der Waals surface area contributed by atoms with Crippen molar-refractivity contribution in [1.29, 1.82) is 0 Å². The normalized spacial score (nSPS) is 10.4. The van der Waals surface area contributed by atoms with Crippen molar-refractivity contribution in [1.82, 2.24) is 0 Å². The molecule has 0 saturated heterocycles. The van der Waals surface area contributed by atoms with E-state index in [9.17, 15) is 4.79 Å². The van der Waals surface area contributed by atoms with Crippen molar-refractivity contribution in [2.75, 3.05) is 5.32 Å². The third-order valence-electron chi connectivity index (χ3n) is 2.84. The van der Waals surface area contributed by atoms with E-state index in [1.807, 2.05) is 36.4 Å². The number of benzene rings is 1. The van der Waals surface area contributed by atoms with Crippen molar-refractivity contribution in [2.45, 2.75) is 6.42 Å². The molecule has 2 heterocycles. The van der Waals surface area contributed by atoms with Crippen LogP contribution in [-0.4, -0.2) is 5.91 Å². The summed E-state index contributed by atoms with van der Waals surface area (Å²) in [4.78, 5) is 14.5. The highest BCUT2D eigenvalue weighted by Crippen LogP contribution is 2.30. The maximum Gasteiger partial charge on any atom is 0.228 e. The Morgan fingerprint density at radius 3 is 2.60 bits per heavy atom. The second-order valence-electron chi connectivity index (χ2n) is 4.39. The summed E-state index contributed by atoms with van der Waals surface area (Å²) in [6.07, 6.45) is 0.413. The van der Waals surface area contributed by atoms with Crippen molar-refractivity contribution < 1.29 is 4.79 Å². The summed E-state index contributed by atoms with van der Waals surface area (Å²) in [5, 5.41) is 7.02. The first-order valence-corrected chi connectivity index (χ1v) is 8.03. The Kier molecular flexibility index (Phi) is 3.95. The average molecular weight is 299 g/mol. The lowest BCUT2D eigenvalue weighted by Gasteiger charge is -2.03. The van der Waals surface area contributed by atoms with Gasteiger partial charge in [-0.1, -0.05) is 24.3 Å². The minimum absolute atomic E-state index is 0.0201. The van der Waals surface area contributed by atoms with Gasteiger partial charge in [-0.15, -0.1) is 22.7 Å². The minimum atomic E-state index is 0.0201. The molecule has 0 spiro atoms. The fourth-order valence-corrected chi connectivity index (χ4v) is 3.69. The number of amides is 1. The van der Waals surface area contributed by atoms with Crippen molar-refractivity contribution in [2.24, 2.45) is 0 Å². The van der Waals surface area contributed by atoms with E-state index >= 15 is 0 Å². The number of hydrogen-bond donors (Lipinski definition) is 1. The van der Waals surface area contributed by atoms with E-state index in [4.69, 9.17) is 0 Å². The fraction of sp³-hybridized carbons (Fsp3) is 0.0625. The molecule has 0 aliphatic rings. The van der Waals surface area contributed by atoms with Crippen LogP contribution in [-0.2, 0) is 11.2 Å². The molecule has 2 aromatic heterocycles. The van der Waals surface area contributed by atoms with Gasteiger partial charge in [0.1, 0.15) is 0 Å². The molecule has 0 aliphatic heterocycles. The third-order valence-corrected chi connectivity index (χ3v) is 4.88. The summed E-state index contributed by atoms with van der Waals surface area (Å²) in [5.74, 6) is 0.0201. The summed E-state index contributed by atoms with van der Waals surface area (Å²) in [7, 11) is 0. The first kappa shape index (κ1) is 13.1. The topological polar surface area (TPSA) is 29.1 Å². The number of hydrogen-bond acceptors (Lipinski definition) is 3. The van der Waals surface area contributed by atoms with Crippen LogP contribution < -0.4 is 5.32 Å². The number of carbonyl (C=O) groups is 1. The van der Waals surface area contributed by atoms with E-state index in [-0.39, 0.29) is 5.91 Å². The molecule has 0 atom stereocenters. The number of anilines is 1. The molecule has 0 unspecified atom stereocenters. The monoisotopic (exact) mass is 299 g/mol. The average Bonchev–Trinajstić information content (AvgIpc) is 3.10. The fourth-order valence-electron chi connectivity index (χ4n) is 1.93. The molecule has 0 fully saturated rings. The molecule has 2 nitrogen and oxygen atoms in total. The van der Waals surface area contributed by atoms with Gasteiger partial charge < -0.3 is 5.32 Å². The predicted octanol–water partition coefficient (Wildman–Crippen LogP) is 4.66.